The first-order valence-corrected chi connectivity index (χ1v) is 6.43. The minimum Gasteiger partial charge on any atom is -0.315 e. The van der Waals surface area contributed by atoms with Crippen LogP contribution in [0.25, 0.3) is 0 Å². The summed E-state index contributed by atoms with van der Waals surface area (Å²) in [7, 11) is 0. The molecular weight excluding hydrogens is 196 g/mol. The van der Waals surface area contributed by atoms with Gasteiger partial charge in [0.15, 0.2) is 0 Å². The number of hydrogen-bond donors (Lipinski definition) is 2. The molecule has 0 radical (unpaired) electrons. The first-order chi connectivity index (χ1) is 7.95. The van der Waals surface area contributed by atoms with Crippen molar-refractivity contribution in [2.75, 3.05) is 19.6 Å². The summed E-state index contributed by atoms with van der Waals surface area (Å²) in [5.74, 6) is 0. The third kappa shape index (κ3) is 3.95. The molecule has 2 rings (SSSR count). The highest BCUT2D eigenvalue weighted by atomic mass is 15.0. The summed E-state index contributed by atoms with van der Waals surface area (Å²) in [6.45, 7) is 3.40. The van der Waals surface area contributed by atoms with Crippen LogP contribution in [-0.2, 0) is 6.42 Å². The van der Waals surface area contributed by atoms with E-state index in [1.807, 2.05) is 0 Å². The molecule has 1 aromatic carbocycles. The van der Waals surface area contributed by atoms with Gasteiger partial charge >= 0.3 is 0 Å². The molecule has 1 heterocycles. The van der Waals surface area contributed by atoms with E-state index in [1.54, 1.807) is 0 Å². The molecule has 1 fully saturated rings. The average Bonchev–Trinajstić information content (AvgIpc) is 2.37. The highest BCUT2D eigenvalue weighted by Crippen LogP contribution is 2.05. The van der Waals surface area contributed by atoms with Gasteiger partial charge in [-0.05, 0) is 37.9 Å². The zero-order valence-corrected chi connectivity index (χ0v) is 9.91. The quantitative estimate of drug-likeness (QED) is 0.738. The predicted molar refractivity (Wildman–Crippen MR) is 68.7 cm³/mol. The zero-order chi connectivity index (χ0) is 11.1. The lowest BCUT2D eigenvalue weighted by atomic mass is 10.1. The molecule has 0 spiro atoms. The molecule has 0 saturated carbocycles. The second kappa shape index (κ2) is 6.66. The normalized spacial score (nSPS) is 20.9. The van der Waals surface area contributed by atoms with E-state index in [9.17, 15) is 0 Å². The van der Waals surface area contributed by atoms with Crippen molar-refractivity contribution in [3.05, 3.63) is 35.9 Å². The van der Waals surface area contributed by atoms with E-state index >= 15 is 0 Å². The van der Waals surface area contributed by atoms with Crippen molar-refractivity contribution in [1.82, 2.24) is 10.6 Å². The van der Waals surface area contributed by atoms with Crippen molar-refractivity contribution in [2.45, 2.75) is 31.7 Å². The molecule has 88 valence electrons. The first-order valence-electron chi connectivity index (χ1n) is 6.43. The zero-order valence-electron chi connectivity index (χ0n) is 9.91. The molecule has 2 heteroatoms. The Balaban J connectivity index is 1.58. The Morgan fingerprint density at radius 1 is 1.19 bits per heavy atom. The maximum atomic E-state index is 3.56. The Hall–Kier alpha value is -0.860. The van der Waals surface area contributed by atoms with Crippen LogP contribution >= 0.6 is 0 Å². The van der Waals surface area contributed by atoms with E-state index in [0.29, 0.717) is 6.04 Å². The molecule has 1 atom stereocenters. The van der Waals surface area contributed by atoms with Gasteiger partial charge in [0.2, 0.25) is 0 Å². The maximum Gasteiger partial charge on any atom is 0.0192 e. The van der Waals surface area contributed by atoms with Gasteiger partial charge in [0, 0.05) is 12.6 Å². The second-order valence-corrected chi connectivity index (χ2v) is 4.59. The monoisotopic (exact) mass is 218 g/mol. The van der Waals surface area contributed by atoms with Gasteiger partial charge in [0.1, 0.15) is 0 Å². The number of nitrogens with one attached hydrogen (secondary N) is 2. The molecular formula is C14H22N2. The summed E-state index contributed by atoms with van der Waals surface area (Å²) in [5, 5.41) is 7.10. The van der Waals surface area contributed by atoms with Crippen LogP contribution in [0.4, 0.5) is 0 Å². The average molecular weight is 218 g/mol. The number of piperidine rings is 1. The Labute approximate surface area is 98.4 Å². The summed E-state index contributed by atoms with van der Waals surface area (Å²) >= 11 is 0. The van der Waals surface area contributed by atoms with E-state index < -0.39 is 0 Å². The van der Waals surface area contributed by atoms with Gasteiger partial charge in [-0.1, -0.05) is 36.8 Å². The maximum absolute atomic E-state index is 3.56. The number of rotatable bonds is 5. The van der Waals surface area contributed by atoms with Crippen molar-refractivity contribution in [2.24, 2.45) is 0 Å². The van der Waals surface area contributed by atoms with Crippen LogP contribution in [0, 0.1) is 0 Å². The van der Waals surface area contributed by atoms with Crippen molar-refractivity contribution >= 4 is 0 Å². The van der Waals surface area contributed by atoms with Crippen LogP contribution in [0.1, 0.15) is 24.8 Å². The highest BCUT2D eigenvalue weighted by molar-refractivity contribution is 5.14. The molecule has 0 aliphatic carbocycles. The van der Waals surface area contributed by atoms with Crippen LogP contribution < -0.4 is 10.6 Å². The molecule has 1 aromatic rings. The fourth-order valence-corrected chi connectivity index (χ4v) is 2.25. The van der Waals surface area contributed by atoms with Crippen molar-refractivity contribution in [3.8, 4) is 0 Å². The van der Waals surface area contributed by atoms with Crippen LogP contribution in [0.3, 0.4) is 0 Å². The predicted octanol–water partition coefficient (Wildman–Crippen LogP) is 1.96. The van der Waals surface area contributed by atoms with E-state index in [2.05, 4.69) is 41.0 Å². The number of benzene rings is 1. The Kier molecular flexibility index (Phi) is 4.84. The van der Waals surface area contributed by atoms with Gasteiger partial charge in [-0.3, -0.25) is 0 Å². The van der Waals surface area contributed by atoms with Crippen molar-refractivity contribution < 1.29 is 0 Å². The molecule has 0 bridgehead atoms. The topological polar surface area (TPSA) is 24.1 Å². The van der Waals surface area contributed by atoms with E-state index in [4.69, 9.17) is 0 Å². The largest absolute Gasteiger partial charge is 0.315 e. The van der Waals surface area contributed by atoms with Crippen LogP contribution in [-0.4, -0.2) is 25.7 Å². The van der Waals surface area contributed by atoms with E-state index in [0.717, 1.165) is 19.5 Å². The fraction of sp³-hybridized carbons (Fsp3) is 0.571. The molecule has 2 N–H and O–H groups in total. The van der Waals surface area contributed by atoms with Gasteiger partial charge < -0.3 is 10.6 Å². The smallest absolute Gasteiger partial charge is 0.0192 e. The van der Waals surface area contributed by atoms with Gasteiger partial charge in [0.05, 0.1) is 0 Å². The molecule has 1 aliphatic heterocycles. The lowest BCUT2D eigenvalue weighted by Gasteiger charge is -2.23. The lowest BCUT2D eigenvalue weighted by Crippen LogP contribution is -2.42. The second-order valence-electron chi connectivity index (χ2n) is 4.59. The number of hydrogen-bond acceptors (Lipinski definition) is 2. The summed E-state index contributed by atoms with van der Waals surface area (Å²) in [6, 6.07) is 11.4. The van der Waals surface area contributed by atoms with Crippen LogP contribution in [0.15, 0.2) is 30.3 Å². The Morgan fingerprint density at radius 2 is 2.06 bits per heavy atom. The molecule has 1 saturated heterocycles. The van der Waals surface area contributed by atoms with E-state index in [1.165, 1.54) is 31.4 Å². The molecule has 1 aliphatic rings. The summed E-state index contributed by atoms with van der Waals surface area (Å²) < 4.78 is 0. The fourth-order valence-electron chi connectivity index (χ4n) is 2.25. The molecule has 1 unspecified atom stereocenters. The SMILES string of the molecule is c1ccc(CCNCC2CCCCN2)cc1. The Bertz CT molecular complexity index is 278. The highest BCUT2D eigenvalue weighted by Gasteiger charge is 2.10. The van der Waals surface area contributed by atoms with Gasteiger partial charge in [0.25, 0.3) is 0 Å². The Morgan fingerprint density at radius 3 is 2.81 bits per heavy atom. The molecule has 0 aromatic heterocycles. The van der Waals surface area contributed by atoms with Crippen LogP contribution in [0.5, 0.6) is 0 Å². The minimum atomic E-state index is 0.699. The van der Waals surface area contributed by atoms with Gasteiger partial charge in [-0.25, -0.2) is 0 Å². The molecule has 0 amide bonds. The van der Waals surface area contributed by atoms with Gasteiger partial charge in [-0.2, -0.15) is 0 Å². The summed E-state index contributed by atoms with van der Waals surface area (Å²) in [6.07, 6.45) is 5.20. The van der Waals surface area contributed by atoms with Gasteiger partial charge in [-0.15, -0.1) is 0 Å². The summed E-state index contributed by atoms with van der Waals surface area (Å²) in [4.78, 5) is 0. The minimum absolute atomic E-state index is 0.699. The molecule has 16 heavy (non-hydrogen) atoms. The third-order valence-corrected chi connectivity index (χ3v) is 3.24. The lowest BCUT2D eigenvalue weighted by molar-refractivity contribution is 0.384. The molecule has 2 nitrogen and oxygen atoms in total. The third-order valence-electron chi connectivity index (χ3n) is 3.24. The van der Waals surface area contributed by atoms with Crippen molar-refractivity contribution in [3.63, 3.8) is 0 Å². The van der Waals surface area contributed by atoms with Crippen molar-refractivity contribution in [1.29, 1.82) is 0 Å². The summed E-state index contributed by atoms with van der Waals surface area (Å²) in [5.41, 5.74) is 1.42. The van der Waals surface area contributed by atoms with Crippen LogP contribution in [0.2, 0.25) is 0 Å². The van der Waals surface area contributed by atoms with E-state index in [-0.39, 0.29) is 0 Å². The first kappa shape index (κ1) is 11.6. The standard InChI is InChI=1S/C14H22N2/c1-2-6-13(7-3-1)9-11-15-12-14-8-4-5-10-16-14/h1-3,6-7,14-16H,4-5,8-12H2.